The number of fused-ring (bicyclic) bond motifs is 1. The third-order valence-electron chi connectivity index (χ3n) is 5.58. The monoisotopic (exact) mass is 377 g/mol. The van der Waals surface area contributed by atoms with Crippen LogP contribution >= 0.6 is 0 Å². The van der Waals surface area contributed by atoms with E-state index in [1.165, 1.54) is 19.4 Å². The summed E-state index contributed by atoms with van der Waals surface area (Å²) >= 11 is 0. The van der Waals surface area contributed by atoms with Crippen LogP contribution in [0.2, 0.25) is 0 Å². The van der Waals surface area contributed by atoms with Gasteiger partial charge in [0, 0.05) is 38.6 Å². The zero-order chi connectivity index (χ0) is 19.1. The molecule has 1 fully saturated rings. The molecule has 0 saturated carbocycles. The number of hydrogen-bond donors (Lipinski definition) is 2. The van der Waals surface area contributed by atoms with Crippen LogP contribution in [0.3, 0.4) is 0 Å². The fourth-order valence-corrected chi connectivity index (χ4v) is 4.09. The number of likely N-dealkylation sites (N-methyl/N-ethyl adjacent to an activating group) is 1. The number of aliphatic imine (C=N–C) groups is 1. The van der Waals surface area contributed by atoms with Crippen LogP contribution in [0, 0.1) is 0 Å². The van der Waals surface area contributed by atoms with E-state index >= 15 is 0 Å². The maximum Gasteiger partial charge on any atom is 0.345 e. The summed E-state index contributed by atoms with van der Waals surface area (Å²) in [6.07, 6.45) is 6.51. The number of aryl methyl sites for hydroxylation is 2. The molecule has 1 saturated heterocycles. The van der Waals surface area contributed by atoms with E-state index < -0.39 is 0 Å². The Kier molecular flexibility index (Phi) is 7.32. The first kappa shape index (κ1) is 19.9. The lowest BCUT2D eigenvalue weighted by Crippen LogP contribution is -2.40. The second kappa shape index (κ2) is 9.92. The van der Waals surface area contributed by atoms with Crippen molar-refractivity contribution in [2.24, 2.45) is 4.99 Å². The van der Waals surface area contributed by atoms with Crippen molar-refractivity contribution in [1.82, 2.24) is 29.9 Å². The first-order chi connectivity index (χ1) is 13.2. The Bertz CT molecular complexity index is 678. The first-order valence-corrected chi connectivity index (χ1v) is 10.7. The normalized spacial score (nSPS) is 20.7. The first-order valence-electron chi connectivity index (χ1n) is 10.7. The minimum atomic E-state index is 0.0474. The number of aromatic nitrogens is 3. The van der Waals surface area contributed by atoms with Crippen LogP contribution in [0.5, 0.6) is 0 Å². The molecule has 0 amide bonds. The number of hydrogen-bond acceptors (Lipinski definition) is 4. The van der Waals surface area contributed by atoms with E-state index in [0.717, 1.165) is 70.2 Å². The molecule has 1 unspecified atom stereocenters. The van der Waals surface area contributed by atoms with Crippen LogP contribution < -0.4 is 16.3 Å². The lowest BCUT2D eigenvalue weighted by molar-refractivity contribution is 0.273. The van der Waals surface area contributed by atoms with E-state index in [1.54, 1.807) is 4.68 Å². The molecule has 2 aliphatic rings. The van der Waals surface area contributed by atoms with Gasteiger partial charge in [0.05, 0.1) is 6.54 Å². The average Bonchev–Trinajstić information content (AvgIpc) is 3.27. The molecular formula is C19H35N7O. The van der Waals surface area contributed by atoms with E-state index in [9.17, 15) is 4.79 Å². The van der Waals surface area contributed by atoms with Gasteiger partial charge in [-0.3, -0.25) is 14.5 Å². The Labute approximate surface area is 162 Å². The van der Waals surface area contributed by atoms with Gasteiger partial charge >= 0.3 is 5.69 Å². The van der Waals surface area contributed by atoms with Gasteiger partial charge in [-0.05, 0) is 52.1 Å². The molecule has 2 aliphatic heterocycles. The van der Waals surface area contributed by atoms with Gasteiger partial charge in [-0.1, -0.05) is 6.92 Å². The van der Waals surface area contributed by atoms with Crippen LogP contribution in [-0.2, 0) is 19.5 Å². The number of nitrogens with zero attached hydrogens (tertiary/aromatic N) is 5. The Hall–Kier alpha value is -1.83. The SMILES string of the molecule is CCNC(=NCC1CCCN1CC)NCCCn1nc2n(c1=O)CCCC2. The van der Waals surface area contributed by atoms with E-state index in [-0.39, 0.29) is 5.69 Å². The predicted octanol–water partition coefficient (Wildman–Crippen LogP) is 0.811. The standard InChI is InChI=1S/C19H35N7O/c1-3-20-18(22-15-16-9-7-12-24(16)4-2)21-11-8-14-26-19(27)25-13-6-5-10-17(25)23-26/h16H,3-15H2,1-2H3,(H2,20,21,22). The molecule has 152 valence electrons. The van der Waals surface area contributed by atoms with Gasteiger partial charge in [-0.15, -0.1) is 0 Å². The van der Waals surface area contributed by atoms with Crippen LogP contribution in [0.25, 0.3) is 0 Å². The van der Waals surface area contributed by atoms with Crippen molar-refractivity contribution in [1.29, 1.82) is 0 Å². The largest absolute Gasteiger partial charge is 0.357 e. The molecule has 0 aliphatic carbocycles. The number of nitrogens with one attached hydrogen (secondary N) is 2. The summed E-state index contributed by atoms with van der Waals surface area (Å²) < 4.78 is 3.47. The molecule has 0 bridgehead atoms. The van der Waals surface area contributed by atoms with Crippen LogP contribution in [-0.4, -0.2) is 64.0 Å². The van der Waals surface area contributed by atoms with Crippen molar-refractivity contribution >= 4 is 5.96 Å². The highest BCUT2D eigenvalue weighted by Gasteiger charge is 2.22. The highest BCUT2D eigenvalue weighted by molar-refractivity contribution is 5.79. The topological polar surface area (TPSA) is 79.5 Å². The summed E-state index contributed by atoms with van der Waals surface area (Å²) in [7, 11) is 0. The summed E-state index contributed by atoms with van der Waals surface area (Å²) in [6, 6.07) is 0.570. The van der Waals surface area contributed by atoms with Gasteiger partial charge in [0.1, 0.15) is 5.82 Å². The fourth-order valence-electron chi connectivity index (χ4n) is 4.09. The smallest absolute Gasteiger partial charge is 0.345 e. The summed E-state index contributed by atoms with van der Waals surface area (Å²) in [4.78, 5) is 19.6. The van der Waals surface area contributed by atoms with Gasteiger partial charge in [0.25, 0.3) is 0 Å². The van der Waals surface area contributed by atoms with Crippen molar-refractivity contribution in [3.63, 3.8) is 0 Å². The molecule has 8 nitrogen and oxygen atoms in total. The highest BCUT2D eigenvalue weighted by Crippen LogP contribution is 2.16. The Morgan fingerprint density at radius 1 is 1.22 bits per heavy atom. The molecule has 0 radical (unpaired) electrons. The molecule has 1 aromatic heterocycles. The van der Waals surface area contributed by atoms with Gasteiger partial charge in [-0.25, -0.2) is 9.48 Å². The summed E-state index contributed by atoms with van der Waals surface area (Å²) in [5.41, 5.74) is 0.0474. The lowest BCUT2D eigenvalue weighted by Gasteiger charge is -2.21. The zero-order valence-corrected chi connectivity index (χ0v) is 16.9. The Morgan fingerprint density at radius 2 is 2.11 bits per heavy atom. The summed E-state index contributed by atoms with van der Waals surface area (Å²) in [5.74, 6) is 1.82. The molecule has 3 rings (SSSR count). The quantitative estimate of drug-likeness (QED) is 0.398. The predicted molar refractivity (Wildman–Crippen MR) is 108 cm³/mol. The van der Waals surface area contributed by atoms with E-state index in [2.05, 4.69) is 34.5 Å². The van der Waals surface area contributed by atoms with Gasteiger partial charge in [0.2, 0.25) is 0 Å². The molecule has 8 heteroatoms. The van der Waals surface area contributed by atoms with E-state index in [0.29, 0.717) is 12.6 Å². The minimum absolute atomic E-state index is 0.0474. The molecule has 1 aromatic rings. The number of guanidine groups is 1. The van der Waals surface area contributed by atoms with Gasteiger partial charge < -0.3 is 10.6 Å². The summed E-state index contributed by atoms with van der Waals surface area (Å²) in [6.45, 7) is 10.6. The Balaban J connectivity index is 1.46. The number of likely N-dealkylation sites (tertiary alicyclic amines) is 1. The molecule has 3 heterocycles. The van der Waals surface area contributed by atoms with Crippen molar-refractivity contribution < 1.29 is 0 Å². The van der Waals surface area contributed by atoms with Crippen molar-refractivity contribution in [2.75, 3.05) is 32.7 Å². The van der Waals surface area contributed by atoms with Crippen LogP contribution in [0.1, 0.15) is 51.8 Å². The second-order valence-electron chi connectivity index (χ2n) is 7.46. The zero-order valence-electron chi connectivity index (χ0n) is 16.9. The maximum absolute atomic E-state index is 12.4. The lowest BCUT2D eigenvalue weighted by atomic mass is 10.2. The van der Waals surface area contributed by atoms with Gasteiger partial charge in [0.15, 0.2) is 5.96 Å². The second-order valence-corrected chi connectivity index (χ2v) is 7.46. The van der Waals surface area contributed by atoms with Gasteiger partial charge in [-0.2, -0.15) is 5.10 Å². The van der Waals surface area contributed by atoms with Crippen molar-refractivity contribution in [3.8, 4) is 0 Å². The molecule has 0 aromatic carbocycles. The third kappa shape index (κ3) is 5.12. The Morgan fingerprint density at radius 3 is 2.89 bits per heavy atom. The van der Waals surface area contributed by atoms with Crippen molar-refractivity contribution in [3.05, 3.63) is 16.3 Å². The fraction of sp³-hybridized carbons (Fsp3) is 0.842. The molecular weight excluding hydrogens is 342 g/mol. The third-order valence-corrected chi connectivity index (χ3v) is 5.58. The van der Waals surface area contributed by atoms with E-state index in [4.69, 9.17) is 4.99 Å². The van der Waals surface area contributed by atoms with E-state index in [1.807, 2.05) is 4.57 Å². The molecule has 1 atom stereocenters. The van der Waals surface area contributed by atoms with Crippen LogP contribution in [0.4, 0.5) is 0 Å². The van der Waals surface area contributed by atoms with Crippen LogP contribution in [0.15, 0.2) is 9.79 Å². The highest BCUT2D eigenvalue weighted by atomic mass is 16.2. The molecule has 27 heavy (non-hydrogen) atoms. The van der Waals surface area contributed by atoms with Crippen molar-refractivity contribution in [2.45, 2.75) is 71.5 Å². The minimum Gasteiger partial charge on any atom is -0.357 e. The maximum atomic E-state index is 12.4. The average molecular weight is 378 g/mol. The molecule has 0 spiro atoms. The number of rotatable bonds is 8. The summed E-state index contributed by atoms with van der Waals surface area (Å²) in [5, 5.41) is 11.2. The molecule has 2 N–H and O–H groups in total.